The van der Waals surface area contributed by atoms with Crippen LogP contribution in [-0.4, -0.2) is 16.7 Å². The molecule has 0 aliphatic heterocycles. The molecule has 5 heteroatoms. The molecular formula is C13H12FN3O. The number of methoxy groups -OCH3 is 1. The third kappa shape index (κ3) is 2.05. The molecule has 0 saturated heterocycles. The molecule has 1 aromatic carbocycles. The molecule has 0 radical (unpaired) electrons. The molecule has 18 heavy (non-hydrogen) atoms. The standard InChI is InChI=1S/C13H12FN3O/c1-17-10(5-6-15)8-16-13(17)11-7-9(14)3-4-12(11)18-2/h3-4,7-8H,5H2,1-2H3. The van der Waals surface area contributed by atoms with Gasteiger partial charge >= 0.3 is 0 Å². The summed E-state index contributed by atoms with van der Waals surface area (Å²) in [7, 11) is 3.31. The zero-order valence-electron chi connectivity index (χ0n) is 10.1. The van der Waals surface area contributed by atoms with Crippen LogP contribution in [0.3, 0.4) is 0 Å². The fourth-order valence-corrected chi connectivity index (χ4v) is 1.80. The van der Waals surface area contributed by atoms with E-state index < -0.39 is 0 Å². The van der Waals surface area contributed by atoms with Gasteiger partial charge in [-0.05, 0) is 18.2 Å². The van der Waals surface area contributed by atoms with Crippen molar-refractivity contribution in [2.45, 2.75) is 6.42 Å². The van der Waals surface area contributed by atoms with E-state index in [1.807, 2.05) is 0 Å². The van der Waals surface area contributed by atoms with E-state index in [9.17, 15) is 4.39 Å². The minimum atomic E-state index is -0.351. The number of aromatic nitrogens is 2. The first-order chi connectivity index (χ1) is 8.67. The van der Waals surface area contributed by atoms with E-state index in [2.05, 4.69) is 11.1 Å². The number of imidazole rings is 1. The number of rotatable bonds is 3. The molecular weight excluding hydrogens is 233 g/mol. The van der Waals surface area contributed by atoms with Crippen molar-refractivity contribution in [1.29, 1.82) is 5.26 Å². The van der Waals surface area contributed by atoms with E-state index in [4.69, 9.17) is 10.00 Å². The van der Waals surface area contributed by atoms with Crippen LogP contribution in [0.5, 0.6) is 5.75 Å². The smallest absolute Gasteiger partial charge is 0.143 e. The van der Waals surface area contributed by atoms with Crippen LogP contribution < -0.4 is 4.74 Å². The molecule has 0 unspecified atom stereocenters. The van der Waals surface area contributed by atoms with E-state index in [1.165, 1.54) is 19.2 Å². The second kappa shape index (κ2) is 4.88. The molecule has 2 rings (SSSR count). The molecule has 92 valence electrons. The molecule has 0 bridgehead atoms. The van der Waals surface area contributed by atoms with Gasteiger partial charge in [0.2, 0.25) is 0 Å². The summed E-state index contributed by atoms with van der Waals surface area (Å²) < 4.78 is 20.3. The van der Waals surface area contributed by atoms with E-state index in [0.29, 0.717) is 17.1 Å². The van der Waals surface area contributed by atoms with Crippen molar-refractivity contribution in [1.82, 2.24) is 9.55 Å². The number of nitrogens with zero attached hydrogens (tertiary/aromatic N) is 3. The van der Waals surface area contributed by atoms with Gasteiger partial charge in [0.15, 0.2) is 0 Å². The fraction of sp³-hybridized carbons (Fsp3) is 0.231. The summed E-state index contributed by atoms with van der Waals surface area (Å²) in [5.41, 5.74) is 1.35. The normalized spacial score (nSPS) is 10.1. The maximum absolute atomic E-state index is 13.3. The summed E-state index contributed by atoms with van der Waals surface area (Å²) in [5.74, 6) is 0.779. The average molecular weight is 245 g/mol. The van der Waals surface area contributed by atoms with Crippen LogP contribution in [-0.2, 0) is 13.5 Å². The van der Waals surface area contributed by atoms with Gasteiger partial charge in [-0.15, -0.1) is 0 Å². The Hall–Kier alpha value is -2.35. The lowest BCUT2D eigenvalue weighted by Gasteiger charge is -2.09. The van der Waals surface area contributed by atoms with Crippen LogP contribution in [0.25, 0.3) is 11.4 Å². The average Bonchev–Trinajstić information content (AvgIpc) is 2.72. The summed E-state index contributed by atoms with van der Waals surface area (Å²) in [4.78, 5) is 4.22. The van der Waals surface area contributed by atoms with Crippen molar-refractivity contribution < 1.29 is 9.13 Å². The molecule has 0 atom stereocenters. The predicted molar refractivity (Wildman–Crippen MR) is 64.5 cm³/mol. The maximum atomic E-state index is 13.3. The zero-order chi connectivity index (χ0) is 13.1. The van der Waals surface area contributed by atoms with Crippen LogP contribution in [0.4, 0.5) is 4.39 Å². The molecule has 0 saturated carbocycles. The molecule has 0 aliphatic rings. The molecule has 0 amide bonds. The van der Waals surface area contributed by atoms with E-state index >= 15 is 0 Å². The van der Waals surface area contributed by atoms with Gasteiger partial charge in [0, 0.05) is 13.2 Å². The molecule has 1 aromatic heterocycles. The summed E-state index contributed by atoms with van der Waals surface area (Å²) in [6.45, 7) is 0. The largest absolute Gasteiger partial charge is 0.496 e. The monoisotopic (exact) mass is 245 g/mol. The molecule has 1 heterocycles. The van der Waals surface area contributed by atoms with Crippen LogP contribution in [0.1, 0.15) is 5.69 Å². The molecule has 0 fully saturated rings. The van der Waals surface area contributed by atoms with Crippen molar-refractivity contribution in [3.8, 4) is 23.2 Å². The first-order valence-corrected chi connectivity index (χ1v) is 5.39. The van der Waals surface area contributed by atoms with Gasteiger partial charge in [-0.2, -0.15) is 5.26 Å². The number of ether oxygens (including phenoxy) is 1. The highest BCUT2D eigenvalue weighted by Crippen LogP contribution is 2.29. The summed E-state index contributed by atoms with van der Waals surface area (Å²) in [5, 5.41) is 8.69. The zero-order valence-corrected chi connectivity index (χ0v) is 10.1. The Balaban J connectivity index is 2.55. The van der Waals surface area contributed by atoms with Gasteiger partial charge in [0.25, 0.3) is 0 Å². The van der Waals surface area contributed by atoms with Crippen LogP contribution in [0, 0.1) is 17.1 Å². The summed E-state index contributed by atoms with van der Waals surface area (Å²) in [6.07, 6.45) is 1.88. The quantitative estimate of drug-likeness (QED) is 0.833. The minimum absolute atomic E-state index is 0.265. The third-order valence-electron chi connectivity index (χ3n) is 2.75. The van der Waals surface area contributed by atoms with Crippen LogP contribution in [0.15, 0.2) is 24.4 Å². The molecule has 4 nitrogen and oxygen atoms in total. The predicted octanol–water partition coefficient (Wildman–Crippen LogP) is 2.30. The minimum Gasteiger partial charge on any atom is -0.496 e. The van der Waals surface area contributed by atoms with Gasteiger partial charge in [-0.3, -0.25) is 0 Å². The van der Waals surface area contributed by atoms with Crippen molar-refractivity contribution in [3.63, 3.8) is 0 Å². The highest BCUT2D eigenvalue weighted by molar-refractivity contribution is 5.65. The van der Waals surface area contributed by atoms with E-state index in [0.717, 1.165) is 5.69 Å². The lowest BCUT2D eigenvalue weighted by molar-refractivity contribution is 0.415. The van der Waals surface area contributed by atoms with Gasteiger partial charge < -0.3 is 9.30 Å². The number of benzene rings is 1. The Morgan fingerprint density at radius 1 is 1.50 bits per heavy atom. The van der Waals surface area contributed by atoms with Crippen LogP contribution >= 0.6 is 0 Å². The van der Waals surface area contributed by atoms with E-state index in [-0.39, 0.29) is 12.2 Å². The number of nitriles is 1. The lowest BCUT2D eigenvalue weighted by Crippen LogP contribution is -1.99. The van der Waals surface area contributed by atoms with Gasteiger partial charge in [-0.25, -0.2) is 9.37 Å². The fourth-order valence-electron chi connectivity index (χ4n) is 1.80. The van der Waals surface area contributed by atoms with Gasteiger partial charge in [0.05, 0.1) is 30.9 Å². The second-order valence-corrected chi connectivity index (χ2v) is 3.81. The van der Waals surface area contributed by atoms with E-state index in [1.54, 1.807) is 23.9 Å². The first-order valence-electron chi connectivity index (χ1n) is 5.39. The maximum Gasteiger partial charge on any atom is 0.143 e. The Morgan fingerprint density at radius 2 is 2.28 bits per heavy atom. The SMILES string of the molecule is COc1ccc(F)cc1-c1ncc(CC#N)n1C. The Labute approximate surface area is 104 Å². The Bertz CT molecular complexity index is 613. The molecule has 0 aliphatic carbocycles. The second-order valence-electron chi connectivity index (χ2n) is 3.81. The van der Waals surface area contributed by atoms with Gasteiger partial charge in [0.1, 0.15) is 17.4 Å². The van der Waals surface area contributed by atoms with Crippen molar-refractivity contribution in [2.75, 3.05) is 7.11 Å². The lowest BCUT2D eigenvalue weighted by atomic mass is 10.2. The van der Waals surface area contributed by atoms with Crippen molar-refractivity contribution >= 4 is 0 Å². The highest BCUT2D eigenvalue weighted by atomic mass is 19.1. The summed E-state index contributed by atoms with van der Waals surface area (Å²) >= 11 is 0. The molecule has 2 aromatic rings. The summed E-state index contributed by atoms with van der Waals surface area (Å²) in [6, 6.07) is 6.33. The third-order valence-corrected chi connectivity index (χ3v) is 2.75. The van der Waals surface area contributed by atoms with Gasteiger partial charge in [-0.1, -0.05) is 0 Å². The topological polar surface area (TPSA) is 50.8 Å². The highest BCUT2D eigenvalue weighted by Gasteiger charge is 2.14. The van der Waals surface area contributed by atoms with Crippen molar-refractivity contribution in [2.24, 2.45) is 7.05 Å². The number of hydrogen-bond donors (Lipinski definition) is 0. The molecule has 0 spiro atoms. The Kier molecular flexibility index (Phi) is 3.28. The Morgan fingerprint density at radius 3 is 2.94 bits per heavy atom. The van der Waals surface area contributed by atoms with Crippen LogP contribution in [0.2, 0.25) is 0 Å². The number of halogens is 1. The number of hydrogen-bond acceptors (Lipinski definition) is 3. The first kappa shape index (κ1) is 12.1. The van der Waals surface area contributed by atoms with Crippen molar-refractivity contribution in [3.05, 3.63) is 35.9 Å². The molecule has 0 N–H and O–H groups in total.